The van der Waals surface area contributed by atoms with E-state index in [-0.39, 0.29) is 5.69 Å². The third kappa shape index (κ3) is 2.95. The molecule has 1 saturated heterocycles. The number of pyridine rings is 1. The first-order chi connectivity index (χ1) is 13.6. The van der Waals surface area contributed by atoms with Gasteiger partial charge in [0, 0.05) is 25.1 Å². The number of anilines is 1. The number of nitrogens with zero attached hydrogens (tertiary/aromatic N) is 4. The number of fused-ring (bicyclic) bond motifs is 1. The zero-order chi connectivity index (χ0) is 19.3. The van der Waals surface area contributed by atoms with Crippen molar-refractivity contribution >= 4 is 11.5 Å². The molecule has 2 N–H and O–H groups in total. The summed E-state index contributed by atoms with van der Waals surface area (Å²) in [6.07, 6.45) is 2.65. The highest BCUT2D eigenvalue weighted by Gasteiger charge is 2.30. The summed E-state index contributed by atoms with van der Waals surface area (Å²) in [7, 11) is 1.61. The second kappa shape index (κ2) is 6.66. The van der Waals surface area contributed by atoms with Crippen LogP contribution in [0.25, 0.3) is 17.0 Å². The lowest BCUT2D eigenvalue weighted by molar-refractivity contribution is 0.342. The van der Waals surface area contributed by atoms with Gasteiger partial charge in [0.2, 0.25) is 0 Å². The van der Waals surface area contributed by atoms with E-state index < -0.39 is 18.0 Å². The van der Waals surface area contributed by atoms with Gasteiger partial charge in [-0.05, 0) is 25.0 Å². The molecule has 2 atom stereocenters. The molecule has 4 heterocycles. The SMILES string of the molecule is COc1cc2ncc(-c3nc(N[C@H]4CNC[C@@H]4F)ccc3F)n2nc1C1CC1. The average molecular weight is 386 g/mol. The molecule has 1 aliphatic carbocycles. The maximum absolute atomic E-state index is 14.6. The number of rotatable bonds is 5. The lowest BCUT2D eigenvalue weighted by Gasteiger charge is -2.15. The van der Waals surface area contributed by atoms with E-state index in [0.717, 1.165) is 18.5 Å². The van der Waals surface area contributed by atoms with Crippen LogP contribution in [0.15, 0.2) is 24.4 Å². The van der Waals surface area contributed by atoms with Gasteiger partial charge in [-0.25, -0.2) is 23.3 Å². The van der Waals surface area contributed by atoms with Crippen LogP contribution in [0, 0.1) is 5.82 Å². The first kappa shape index (κ1) is 17.3. The molecule has 0 aromatic carbocycles. The number of imidazole rings is 1. The molecule has 0 amide bonds. The van der Waals surface area contributed by atoms with Gasteiger partial charge in [0.25, 0.3) is 0 Å². The number of nitrogens with one attached hydrogen (secondary N) is 2. The molecular weight excluding hydrogens is 366 g/mol. The summed E-state index contributed by atoms with van der Waals surface area (Å²) >= 11 is 0. The van der Waals surface area contributed by atoms with E-state index in [9.17, 15) is 8.78 Å². The van der Waals surface area contributed by atoms with Gasteiger partial charge in [0.1, 0.15) is 34.8 Å². The molecule has 0 unspecified atom stereocenters. The highest BCUT2D eigenvalue weighted by Crippen LogP contribution is 2.43. The minimum absolute atomic E-state index is 0.123. The van der Waals surface area contributed by atoms with Gasteiger partial charge in [0.15, 0.2) is 11.5 Å². The van der Waals surface area contributed by atoms with Crippen molar-refractivity contribution in [1.29, 1.82) is 0 Å². The summed E-state index contributed by atoms with van der Waals surface area (Å²) in [6.45, 7) is 0.798. The summed E-state index contributed by atoms with van der Waals surface area (Å²) in [4.78, 5) is 8.72. The fourth-order valence-corrected chi connectivity index (χ4v) is 3.56. The van der Waals surface area contributed by atoms with Gasteiger partial charge >= 0.3 is 0 Å². The maximum Gasteiger partial charge on any atom is 0.157 e. The Kier molecular flexibility index (Phi) is 4.12. The first-order valence-corrected chi connectivity index (χ1v) is 9.35. The third-order valence-electron chi connectivity index (χ3n) is 5.23. The first-order valence-electron chi connectivity index (χ1n) is 9.35. The Labute approximate surface area is 160 Å². The fourth-order valence-electron chi connectivity index (χ4n) is 3.56. The Morgan fingerprint density at radius 3 is 2.86 bits per heavy atom. The van der Waals surface area contributed by atoms with E-state index in [0.29, 0.717) is 41.9 Å². The summed E-state index contributed by atoms with van der Waals surface area (Å²) in [5.74, 6) is 0.980. The number of ether oxygens (including phenoxy) is 1. The number of hydrogen-bond acceptors (Lipinski definition) is 6. The second-order valence-corrected chi connectivity index (χ2v) is 7.24. The standard InChI is InChI=1S/C19H20F2N6O/c1-28-15-6-17-23-9-14(27(17)26-18(15)10-2-3-10)19-11(20)4-5-16(25-19)24-13-8-22-7-12(13)21/h4-6,9-10,12-13,22H,2-3,7-8H2,1H3,(H,24,25)/t12-,13-/m0/s1. The Morgan fingerprint density at radius 1 is 1.29 bits per heavy atom. The summed E-state index contributed by atoms with van der Waals surface area (Å²) < 4.78 is 35.5. The smallest absolute Gasteiger partial charge is 0.157 e. The highest BCUT2D eigenvalue weighted by molar-refractivity contribution is 5.63. The maximum atomic E-state index is 14.6. The van der Waals surface area contributed by atoms with Crippen LogP contribution in [0.2, 0.25) is 0 Å². The minimum Gasteiger partial charge on any atom is -0.495 e. The average Bonchev–Trinajstić information content (AvgIpc) is 3.35. The van der Waals surface area contributed by atoms with Crippen LogP contribution in [0.5, 0.6) is 5.75 Å². The molecule has 1 saturated carbocycles. The van der Waals surface area contributed by atoms with E-state index in [1.54, 1.807) is 17.8 Å². The van der Waals surface area contributed by atoms with Gasteiger partial charge in [-0.3, -0.25) is 0 Å². The van der Waals surface area contributed by atoms with Crippen LogP contribution < -0.4 is 15.4 Å². The van der Waals surface area contributed by atoms with E-state index >= 15 is 0 Å². The van der Waals surface area contributed by atoms with E-state index in [1.807, 2.05) is 6.07 Å². The van der Waals surface area contributed by atoms with Crippen molar-refractivity contribution in [2.24, 2.45) is 0 Å². The van der Waals surface area contributed by atoms with Crippen LogP contribution in [-0.2, 0) is 0 Å². The van der Waals surface area contributed by atoms with Crippen molar-refractivity contribution in [2.75, 3.05) is 25.5 Å². The second-order valence-electron chi connectivity index (χ2n) is 7.24. The van der Waals surface area contributed by atoms with Gasteiger partial charge in [0.05, 0.1) is 19.3 Å². The van der Waals surface area contributed by atoms with Gasteiger partial charge in [-0.2, -0.15) is 5.10 Å². The lowest BCUT2D eigenvalue weighted by atomic mass is 10.2. The molecule has 2 aliphatic rings. The van der Waals surface area contributed by atoms with E-state index in [2.05, 4.69) is 25.7 Å². The highest BCUT2D eigenvalue weighted by atomic mass is 19.1. The van der Waals surface area contributed by atoms with Crippen molar-refractivity contribution in [1.82, 2.24) is 24.9 Å². The third-order valence-corrected chi connectivity index (χ3v) is 5.23. The molecular formula is C19H20F2N6O. The molecule has 0 radical (unpaired) electrons. The molecule has 5 rings (SSSR count). The van der Waals surface area contributed by atoms with Crippen molar-refractivity contribution < 1.29 is 13.5 Å². The van der Waals surface area contributed by atoms with E-state index in [1.165, 1.54) is 12.1 Å². The normalized spacial score (nSPS) is 22.0. The quantitative estimate of drug-likeness (QED) is 0.702. The minimum atomic E-state index is -1.01. The van der Waals surface area contributed by atoms with Crippen LogP contribution in [-0.4, -0.2) is 52.0 Å². The summed E-state index contributed by atoms with van der Waals surface area (Å²) in [6, 6.07) is 4.25. The van der Waals surface area contributed by atoms with Gasteiger partial charge < -0.3 is 15.4 Å². The van der Waals surface area contributed by atoms with Crippen LogP contribution in [0.3, 0.4) is 0 Å². The molecule has 28 heavy (non-hydrogen) atoms. The van der Waals surface area contributed by atoms with Crippen LogP contribution in [0.4, 0.5) is 14.6 Å². The molecule has 3 aromatic heterocycles. The summed E-state index contributed by atoms with van der Waals surface area (Å²) in [5, 5.41) is 10.7. The number of methoxy groups -OCH3 is 1. The number of hydrogen-bond donors (Lipinski definition) is 2. The number of halogens is 2. The van der Waals surface area contributed by atoms with Crippen molar-refractivity contribution in [3.63, 3.8) is 0 Å². The predicted octanol–water partition coefficient (Wildman–Crippen LogP) is 2.54. The molecule has 3 aromatic rings. The van der Waals surface area contributed by atoms with E-state index in [4.69, 9.17) is 4.74 Å². The monoisotopic (exact) mass is 386 g/mol. The Hall–Kier alpha value is -2.81. The number of alkyl halides is 1. The molecule has 146 valence electrons. The Morgan fingerprint density at radius 2 is 2.14 bits per heavy atom. The predicted molar refractivity (Wildman–Crippen MR) is 99.9 cm³/mol. The van der Waals surface area contributed by atoms with Crippen molar-refractivity contribution in [3.8, 4) is 17.1 Å². The van der Waals surface area contributed by atoms with Crippen molar-refractivity contribution in [3.05, 3.63) is 35.9 Å². The zero-order valence-electron chi connectivity index (χ0n) is 15.3. The fraction of sp³-hybridized carbons (Fsp3) is 0.421. The van der Waals surface area contributed by atoms with Crippen molar-refractivity contribution in [2.45, 2.75) is 31.0 Å². The molecule has 0 bridgehead atoms. The topological polar surface area (TPSA) is 76.4 Å². The lowest BCUT2D eigenvalue weighted by Crippen LogP contribution is -2.29. The molecule has 2 fully saturated rings. The Balaban J connectivity index is 1.55. The van der Waals surface area contributed by atoms with Gasteiger partial charge in [-0.1, -0.05) is 0 Å². The number of aromatic nitrogens is 4. The molecule has 7 nitrogen and oxygen atoms in total. The van der Waals surface area contributed by atoms with Gasteiger partial charge in [-0.15, -0.1) is 0 Å². The molecule has 0 spiro atoms. The van der Waals surface area contributed by atoms with Crippen LogP contribution >= 0.6 is 0 Å². The largest absolute Gasteiger partial charge is 0.495 e. The zero-order valence-corrected chi connectivity index (χ0v) is 15.3. The summed E-state index contributed by atoms with van der Waals surface area (Å²) in [5.41, 5.74) is 1.97. The molecule has 1 aliphatic heterocycles. The Bertz CT molecular complexity index is 1030. The molecule has 9 heteroatoms. The van der Waals surface area contributed by atoms with Crippen LogP contribution in [0.1, 0.15) is 24.5 Å².